The van der Waals surface area contributed by atoms with Gasteiger partial charge in [0, 0.05) is 32.4 Å². The van der Waals surface area contributed by atoms with E-state index in [0.29, 0.717) is 0 Å². The standard InChI is InChI=1S/C20H29N5O/c1-3-11-25(12-4-2)20-21-10-9-19(23-20)22-17-7-5-6-8-18(17)24-13-15-26-16-14-24/h5-10H,3-4,11-16H2,1-2H3,(H,21,22,23). The van der Waals surface area contributed by atoms with Crippen LogP contribution in [-0.4, -0.2) is 49.4 Å². The maximum Gasteiger partial charge on any atom is 0.227 e. The number of morpholine rings is 1. The summed E-state index contributed by atoms with van der Waals surface area (Å²) in [5.41, 5.74) is 2.26. The van der Waals surface area contributed by atoms with E-state index in [1.807, 2.05) is 12.3 Å². The van der Waals surface area contributed by atoms with E-state index in [4.69, 9.17) is 9.72 Å². The zero-order chi connectivity index (χ0) is 18.2. The predicted molar refractivity (Wildman–Crippen MR) is 108 cm³/mol. The minimum Gasteiger partial charge on any atom is -0.378 e. The molecule has 6 nitrogen and oxygen atoms in total. The van der Waals surface area contributed by atoms with Gasteiger partial charge in [-0.15, -0.1) is 0 Å². The maximum atomic E-state index is 5.48. The number of hydrogen-bond donors (Lipinski definition) is 1. The quantitative estimate of drug-likeness (QED) is 0.779. The van der Waals surface area contributed by atoms with Crippen LogP contribution in [0.5, 0.6) is 0 Å². The molecule has 6 heteroatoms. The summed E-state index contributed by atoms with van der Waals surface area (Å²) in [6.07, 6.45) is 4.00. The normalized spacial score (nSPS) is 14.3. The second kappa shape index (κ2) is 9.38. The molecular weight excluding hydrogens is 326 g/mol. The third-order valence-corrected chi connectivity index (χ3v) is 4.43. The summed E-state index contributed by atoms with van der Waals surface area (Å²) < 4.78 is 5.48. The molecule has 1 aliphatic heterocycles. The Balaban J connectivity index is 1.80. The van der Waals surface area contributed by atoms with Crippen LogP contribution < -0.4 is 15.1 Å². The van der Waals surface area contributed by atoms with Crippen molar-refractivity contribution in [2.24, 2.45) is 0 Å². The summed E-state index contributed by atoms with van der Waals surface area (Å²) in [6.45, 7) is 9.68. The Bertz CT molecular complexity index is 681. The van der Waals surface area contributed by atoms with Crippen molar-refractivity contribution in [2.75, 3.05) is 54.5 Å². The monoisotopic (exact) mass is 355 g/mol. The van der Waals surface area contributed by atoms with Gasteiger partial charge in [-0.1, -0.05) is 26.0 Å². The van der Waals surface area contributed by atoms with E-state index in [2.05, 4.69) is 58.2 Å². The number of rotatable bonds is 8. The first-order valence-electron chi connectivity index (χ1n) is 9.58. The van der Waals surface area contributed by atoms with E-state index in [1.165, 1.54) is 5.69 Å². The van der Waals surface area contributed by atoms with Crippen LogP contribution in [0.25, 0.3) is 0 Å². The highest BCUT2D eigenvalue weighted by molar-refractivity contribution is 5.74. The Hall–Kier alpha value is -2.34. The molecule has 3 rings (SSSR count). The fourth-order valence-corrected chi connectivity index (χ4v) is 3.22. The van der Waals surface area contributed by atoms with Crippen LogP contribution in [0.15, 0.2) is 36.5 Å². The molecule has 1 aromatic heterocycles. The Kier molecular flexibility index (Phi) is 6.66. The Morgan fingerprint density at radius 3 is 2.54 bits per heavy atom. The zero-order valence-electron chi connectivity index (χ0n) is 15.8. The van der Waals surface area contributed by atoms with Gasteiger partial charge in [-0.05, 0) is 31.0 Å². The van der Waals surface area contributed by atoms with Gasteiger partial charge in [0.2, 0.25) is 5.95 Å². The van der Waals surface area contributed by atoms with E-state index in [1.54, 1.807) is 0 Å². The molecule has 0 bridgehead atoms. The lowest BCUT2D eigenvalue weighted by molar-refractivity contribution is 0.123. The molecule has 0 saturated carbocycles. The molecule has 1 saturated heterocycles. The van der Waals surface area contributed by atoms with Crippen molar-refractivity contribution in [1.29, 1.82) is 0 Å². The first-order valence-corrected chi connectivity index (χ1v) is 9.58. The van der Waals surface area contributed by atoms with Crippen molar-refractivity contribution >= 4 is 23.1 Å². The van der Waals surface area contributed by atoms with Gasteiger partial charge >= 0.3 is 0 Å². The first kappa shape index (κ1) is 18.5. The Morgan fingerprint density at radius 2 is 1.81 bits per heavy atom. The summed E-state index contributed by atoms with van der Waals surface area (Å²) in [7, 11) is 0. The van der Waals surface area contributed by atoms with Crippen LogP contribution in [0.3, 0.4) is 0 Å². The van der Waals surface area contributed by atoms with Crippen LogP contribution in [0, 0.1) is 0 Å². The number of anilines is 4. The van der Waals surface area contributed by atoms with E-state index in [-0.39, 0.29) is 0 Å². The van der Waals surface area contributed by atoms with Gasteiger partial charge in [0.1, 0.15) is 5.82 Å². The second-order valence-corrected chi connectivity index (χ2v) is 6.47. The van der Waals surface area contributed by atoms with Gasteiger partial charge in [-0.2, -0.15) is 4.98 Å². The SMILES string of the molecule is CCCN(CCC)c1nccc(Nc2ccccc2N2CCOCC2)n1. The molecule has 0 unspecified atom stereocenters. The van der Waals surface area contributed by atoms with Crippen LogP contribution in [-0.2, 0) is 4.74 Å². The van der Waals surface area contributed by atoms with Crippen LogP contribution in [0.1, 0.15) is 26.7 Å². The molecule has 0 radical (unpaired) electrons. The highest BCUT2D eigenvalue weighted by atomic mass is 16.5. The fraction of sp³-hybridized carbons (Fsp3) is 0.500. The molecule has 0 amide bonds. The highest BCUT2D eigenvalue weighted by Crippen LogP contribution is 2.29. The molecule has 1 N–H and O–H groups in total. The second-order valence-electron chi connectivity index (χ2n) is 6.47. The fourth-order valence-electron chi connectivity index (χ4n) is 3.22. The summed E-state index contributed by atoms with van der Waals surface area (Å²) >= 11 is 0. The van der Waals surface area contributed by atoms with Crippen molar-refractivity contribution in [3.8, 4) is 0 Å². The van der Waals surface area contributed by atoms with Crippen LogP contribution in [0.2, 0.25) is 0 Å². The summed E-state index contributed by atoms with van der Waals surface area (Å²) in [6, 6.07) is 10.3. The van der Waals surface area contributed by atoms with Crippen LogP contribution >= 0.6 is 0 Å². The number of aromatic nitrogens is 2. The molecule has 0 atom stereocenters. The molecule has 1 aliphatic rings. The number of hydrogen-bond acceptors (Lipinski definition) is 6. The average molecular weight is 355 g/mol. The molecule has 2 heterocycles. The molecule has 2 aromatic rings. The smallest absolute Gasteiger partial charge is 0.227 e. The minimum absolute atomic E-state index is 0.773. The van der Waals surface area contributed by atoms with Gasteiger partial charge < -0.3 is 19.9 Å². The van der Waals surface area contributed by atoms with Gasteiger partial charge in [-0.3, -0.25) is 0 Å². The molecule has 26 heavy (non-hydrogen) atoms. The van der Waals surface area contributed by atoms with Crippen molar-refractivity contribution in [1.82, 2.24) is 9.97 Å². The number of para-hydroxylation sites is 2. The minimum atomic E-state index is 0.773. The van der Waals surface area contributed by atoms with Gasteiger partial charge in [0.15, 0.2) is 0 Å². The third kappa shape index (κ3) is 4.64. The maximum absolute atomic E-state index is 5.48. The highest BCUT2D eigenvalue weighted by Gasteiger charge is 2.15. The van der Waals surface area contributed by atoms with E-state index in [9.17, 15) is 0 Å². The molecule has 1 aromatic carbocycles. The topological polar surface area (TPSA) is 53.5 Å². The largest absolute Gasteiger partial charge is 0.378 e. The lowest BCUT2D eigenvalue weighted by Gasteiger charge is -2.30. The van der Waals surface area contributed by atoms with Crippen molar-refractivity contribution in [3.63, 3.8) is 0 Å². The number of benzene rings is 1. The lowest BCUT2D eigenvalue weighted by atomic mass is 10.2. The van der Waals surface area contributed by atoms with Crippen molar-refractivity contribution in [3.05, 3.63) is 36.5 Å². The number of ether oxygens (including phenoxy) is 1. The van der Waals surface area contributed by atoms with E-state index in [0.717, 1.165) is 69.7 Å². The van der Waals surface area contributed by atoms with Crippen LogP contribution in [0.4, 0.5) is 23.1 Å². The van der Waals surface area contributed by atoms with Crippen molar-refractivity contribution in [2.45, 2.75) is 26.7 Å². The number of nitrogens with zero attached hydrogens (tertiary/aromatic N) is 4. The van der Waals surface area contributed by atoms with Gasteiger partial charge in [0.05, 0.1) is 24.6 Å². The first-order chi connectivity index (χ1) is 12.8. The summed E-state index contributed by atoms with van der Waals surface area (Å²) in [5.74, 6) is 1.62. The summed E-state index contributed by atoms with van der Waals surface area (Å²) in [5, 5.41) is 3.49. The Labute approximate surface area is 156 Å². The van der Waals surface area contributed by atoms with E-state index < -0.39 is 0 Å². The zero-order valence-corrected chi connectivity index (χ0v) is 15.8. The molecule has 0 spiro atoms. The molecule has 1 fully saturated rings. The predicted octanol–water partition coefficient (Wildman–Crippen LogP) is 3.68. The molecule has 0 aliphatic carbocycles. The lowest BCUT2D eigenvalue weighted by Crippen LogP contribution is -2.36. The average Bonchev–Trinajstić information content (AvgIpc) is 2.69. The van der Waals surface area contributed by atoms with Crippen molar-refractivity contribution < 1.29 is 4.74 Å². The Morgan fingerprint density at radius 1 is 1.08 bits per heavy atom. The van der Waals surface area contributed by atoms with Gasteiger partial charge in [0.25, 0.3) is 0 Å². The van der Waals surface area contributed by atoms with Gasteiger partial charge in [-0.25, -0.2) is 4.98 Å². The molecule has 140 valence electrons. The summed E-state index contributed by atoms with van der Waals surface area (Å²) in [4.78, 5) is 13.8. The molecular formula is C20H29N5O. The van der Waals surface area contributed by atoms with E-state index >= 15 is 0 Å². The third-order valence-electron chi connectivity index (χ3n) is 4.43. The number of nitrogens with one attached hydrogen (secondary N) is 1.